The Morgan fingerprint density at radius 3 is 2.71 bits per heavy atom. The SMILES string of the molecule is C=CC(NCCC)C1CCCC1(C)C. The zero-order valence-electron chi connectivity index (χ0n) is 9.97. The standard InChI is InChI=1S/C13H25N/c1-5-10-14-12(6-2)11-8-7-9-13(11,3)4/h6,11-12,14H,2,5,7-10H2,1,3-4H3. The molecule has 0 spiro atoms. The van der Waals surface area contributed by atoms with Gasteiger partial charge in [-0.2, -0.15) is 0 Å². The second-order valence-corrected chi connectivity index (χ2v) is 5.20. The maximum atomic E-state index is 3.96. The molecule has 82 valence electrons. The molecule has 1 N–H and O–H groups in total. The predicted octanol–water partition coefficient (Wildman–Crippen LogP) is 3.37. The average molecular weight is 195 g/mol. The molecular weight excluding hydrogens is 170 g/mol. The van der Waals surface area contributed by atoms with Gasteiger partial charge in [-0.05, 0) is 37.1 Å². The summed E-state index contributed by atoms with van der Waals surface area (Å²) in [5.41, 5.74) is 0.500. The minimum Gasteiger partial charge on any atom is -0.310 e. The Labute approximate surface area is 89.0 Å². The van der Waals surface area contributed by atoms with E-state index in [1.165, 1.54) is 25.7 Å². The third kappa shape index (κ3) is 2.60. The molecule has 0 radical (unpaired) electrons. The van der Waals surface area contributed by atoms with Crippen LogP contribution in [0.1, 0.15) is 46.5 Å². The van der Waals surface area contributed by atoms with Crippen molar-refractivity contribution in [2.24, 2.45) is 11.3 Å². The lowest BCUT2D eigenvalue weighted by atomic mass is 9.77. The summed E-state index contributed by atoms with van der Waals surface area (Å²) in [6.45, 7) is 12.1. The highest BCUT2D eigenvalue weighted by Gasteiger charge is 2.37. The van der Waals surface area contributed by atoms with Crippen molar-refractivity contribution in [3.05, 3.63) is 12.7 Å². The van der Waals surface area contributed by atoms with Gasteiger partial charge in [0.2, 0.25) is 0 Å². The van der Waals surface area contributed by atoms with Crippen LogP contribution in [0.4, 0.5) is 0 Å². The fraction of sp³-hybridized carbons (Fsp3) is 0.846. The maximum absolute atomic E-state index is 3.96. The summed E-state index contributed by atoms with van der Waals surface area (Å²) in [4.78, 5) is 0. The molecule has 0 bridgehead atoms. The Hall–Kier alpha value is -0.300. The van der Waals surface area contributed by atoms with Crippen LogP contribution in [0.15, 0.2) is 12.7 Å². The van der Waals surface area contributed by atoms with Crippen molar-refractivity contribution in [1.82, 2.24) is 5.32 Å². The fourth-order valence-corrected chi connectivity index (χ4v) is 2.72. The quantitative estimate of drug-likeness (QED) is 0.663. The molecule has 14 heavy (non-hydrogen) atoms. The van der Waals surface area contributed by atoms with Crippen LogP contribution < -0.4 is 5.32 Å². The van der Waals surface area contributed by atoms with Gasteiger partial charge in [0.1, 0.15) is 0 Å². The molecule has 1 rings (SSSR count). The number of nitrogens with one attached hydrogen (secondary N) is 1. The van der Waals surface area contributed by atoms with E-state index in [9.17, 15) is 0 Å². The minimum atomic E-state index is 0.500. The van der Waals surface area contributed by atoms with E-state index < -0.39 is 0 Å². The molecule has 1 saturated carbocycles. The third-order valence-corrected chi connectivity index (χ3v) is 3.66. The predicted molar refractivity (Wildman–Crippen MR) is 63.4 cm³/mol. The molecule has 0 aromatic rings. The Morgan fingerprint density at radius 1 is 1.57 bits per heavy atom. The lowest BCUT2D eigenvalue weighted by Gasteiger charge is -2.33. The van der Waals surface area contributed by atoms with Crippen molar-refractivity contribution in [3.63, 3.8) is 0 Å². The number of hydrogen-bond acceptors (Lipinski definition) is 1. The largest absolute Gasteiger partial charge is 0.310 e. The van der Waals surface area contributed by atoms with Gasteiger partial charge in [-0.1, -0.05) is 33.3 Å². The van der Waals surface area contributed by atoms with Crippen LogP contribution >= 0.6 is 0 Å². The van der Waals surface area contributed by atoms with Gasteiger partial charge in [0.25, 0.3) is 0 Å². The molecule has 0 aromatic carbocycles. The van der Waals surface area contributed by atoms with Gasteiger partial charge in [-0.25, -0.2) is 0 Å². The van der Waals surface area contributed by atoms with Gasteiger partial charge >= 0.3 is 0 Å². The van der Waals surface area contributed by atoms with E-state index >= 15 is 0 Å². The van der Waals surface area contributed by atoms with Crippen molar-refractivity contribution in [2.75, 3.05) is 6.54 Å². The molecule has 2 unspecified atom stereocenters. The summed E-state index contributed by atoms with van der Waals surface area (Å²) < 4.78 is 0. The first-order chi connectivity index (χ1) is 6.61. The summed E-state index contributed by atoms with van der Waals surface area (Å²) in [6, 6.07) is 0.521. The molecular formula is C13H25N. The van der Waals surface area contributed by atoms with Crippen LogP contribution in [0.25, 0.3) is 0 Å². The van der Waals surface area contributed by atoms with E-state index in [4.69, 9.17) is 0 Å². The van der Waals surface area contributed by atoms with Crippen molar-refractivity contribution < 1.29 is 0 Å². The average Bonchev–Trinajstić information content (AvgIpc) is 2.48. The molecule has 1 nitrogen and oxygen atoms in total. The minimum absolute atomic E-state index is 0.500. The van der Waals surface area contributed by atoms with E-state index in [-0.39, 0.29) is 0 Å². The third-order valence-electron chi connectivity index (χ3n) is 3.66. The van der Waals surface area contributed by atoms with Gasteiger partial charge in [-0.15, -0.1) is 6.58 Å². The van der Waals surface area contributed by atoms with Crippen molar-refractivity contribution in [1.29, 1.82) is 0 Å². The van der Waals surface area contributed by atoms with Gasteiger partial charge < -0.3 is 5.32 Å². The maximum Gasteiger partial charge on any atom is 0.0280 e. The second-order valence-electron chi connectivity index (χ2n) is 5.20. The molecule has 0 saturated heterocycles. The molecule has 1 fully saturated rings. The Bertz CT molecular complexity index is 184. The summed E-state index contributed by atoms with van der Waals surface area (Å²) in [6.07, 6.45) is 7.43. The topological polar surface area (TPSA) is 12.0 Å². The highest BCUT2D eigenvalue weighted by atomic mass is 14.9. The summed E-state index contributed by atoms with van der Waals surface area (Å²) in [5.74, 6) is 0.784. The molecule has 1 aliphatic rings. The summed E-state index contributed by atoms with van der Waals surface area (Å²) >= 11 is 0. The van der Waals surface area contributed by atoms with Crippen LogP contribution in [-0.2, 0) is 0 Å². The van der Waals surface area contributed by atoms with Crippen molar-refractivity contribution in [3.8, 4) is 0 Å². The van der Waals surface area contributed by atoms with Gasteiger partial charge in [0.15, 0.2) is 0 Å². The Kier molecular flexibility index (Phi) is 4.18. The fourth-order valence-electron chi connectivity index (χ4n) is 2.72. The van der Waals surface area contributed by atoms with Crippen molar-refractivity contribution >= 4 is 0 Å². The first kappa shape index (κ1) is 11.8. The molecule has 0 aromatic heterocycles. The molecule has 0 aliphatic heterocycles. The van der Waals surface area contributed by atoms with E-state index in [1.807, 2.05) is 0 Å². The number of hydrogen-bond donors (Lipinski definition) is 1. The zero-order chi connectivity index (χ0) is 10.6. The zero-order valence-corrected chi connectivity index (χ0v) is 9.97. The second kappa shape index (κ2) is 4.97. The highest BCUT2D eigenvalue weighted by molar-refractivity contribution is 4.99. The molecule has 2 atom stereocenters. The Balaban J connectivity index is 2.55. The molecule has 1 heteroatoms. The van der Waals surface area contributed by atoms with Crippen LogP contribution in [0, 0.1) is 11.3 Å². The van der Waals surface area contributed by atoms with Gasteiger partial charge in [0, 0.05) is 6.04 Å². The van der Waals surface area contributed by atoms with Crippen LogP contribution in [0.3, 0.4) is 0 Å². The van der Waals surface area contributed by atoms with Gasteiger partial charge in [-0.3, -0.25) is 0 Å². The van der Waals surface area contributed by atoms with E-state index in [2.05, 4.69) is 38.7 Å². The highest BCUT2D eigenvalue weighted by Crippen LogP contribution is 2.44. The molecule has 0 heterocycles. The van der Waals surface area contributed by atoms with E-state index in [0.717, 1.165) is 12.5 Å². The van der Waals surface area contributed by atoms with Crippen molar-refractivity contribution in [2.45, 2.75) is 52.5 Å². The van der Waals surface area contributed by atoms with E-state index in [1.54, 1.807) is 0 Å². The van der Waals surface area contributed by atoms with E-state index in [0.29, 0.717) is 11.5 Å². The molecule has 0 amide bonds. The lowest BCUT2D eigenvalue weighted by Crippen LogP contribution is -2.39. The van der Waals surface area contributed by atoms with Crippen LogP contribution in [0.5, 0.6) is 0 Å². The Morgan fingerprint density at radius 2 is 2.29 bits per heavy atom. The van der Waals surface area contributed by atoms with Gasteiger partial charge in [0.05, 0.1) is 0 Å². The first-order valence-corrected chi connectivity index (χ1v) is 5.97. The molecule has 1 aliphatic carbocycles. The summed E-state index contributed by atoms with van der Waals surface area (Å²) in [7, 11) is 0. The smallest absolute Gasteiger partial charge is 0.0280 e. The summed E-state index contributed by atoms with van der Waals surface area (Å²) in [5, 5.41) is 3.60. The number of rotatable bonds is 5. The monoisotopic (exact) mass is 195 g/mol. The normalized spacial score (nSPS) is 27.5. The first-order valence-electron chi connectivity index (χ1n) is 5.97. The lowest BCUT2D eigenvalue weighted by molar-refractivity contribution is 0.220. The van der Waals surface area contributed by atoms with Crippen LogP contribution in [0.2, 0.25) is 0 Å². The van der Waals surface area contributed by atoms with Crippen LogP contribution in [-0.4, -0.2) is 12.6 Å².